The Balaban J connectivity index is 2.40. The van der Waals surface area contributed by atoms with E-state index in [9.17, 15) is 9.59 Å². The Bertz CT molecular complexity index is 507. The highest BCUT2D eigenvalue weighted by Gasteiger charge is 2.18. The Labute approximate surface area is 139 Å². The minimum absolute atomic E-state index is 0.192. The summed E-state index contributed by atoms with van der Waals surface area (Å²) in [6, 6.07) is 0. The van der Waals surface area contributed by atoms with Gasteiger partial charge in [0.15, 0.2) is 5.78 Å². The SMILES string of the molecule is CCCCCC=CC=C1C(=O)CC=C1CC=CCCCC(=O)O. The molecule has 0 aromatic rings. The summed E-state index contributed by atoms with van der Waals surface area (Å²) in [5, 5.41) is 8.57. The fourth-order valence-electron chi connectivity index (χ4n) is 2.48. The van der Waals surface area contributed by atoms with Crippen molar-refractivity contribution in [2.75, 3.05) is 0 Å². The average Bonchev–Trinajstić information content (AvgIpc) is 2.86. The maximum atomic E-state index is 11.9. The van der Waals surface area contributed by atoms with E-state index in [-0.39, 0.29) is 12.2 Å². The van der Waals surface area contributed by atoms with E-state index in [1.165, 1.54) is 19.3 Å². The van der Waals surface area contributed by atoms with Crippen molar-refractivity contribution in [1.82, 2.24) is 0 Å². The molecule has 0 bridgehead atoms. The van der Waals surface area contributed by atoms with Gasteiger partial charge in [-0.2, -0.15) is 0 Å². The van der Waals surface area contributed by atoms with Gasteiger partial charge in [0, 0.05) is 18.4 Å². The molecule has 126 valence electrons. The van der Waals surface area contributed by atoms with Crippen LogP contribution in [0.4, 0.5) is 0 Å². The third-order valence-electron chi connectivity index (χ3n) is 3.82. The van der Waals surface area contributed by atoms with Crippen LogP contribution in [0.3, 0.4) is 0 Å². The number of ketones is 1. The van der Waals surface area contributed by atoms with Gasteiger partial charge in [-0.25, -0.2) is 0 Å². The van der Waals surface area contributed by atoms with Crippen LogP contribution in [0, 0.1) is 0 Å². The van der Waals surface area contributed by atoms with Gasteiger partial charge in [-0.1, -0.05) is 56.2 Å². The van der Waals surface area contributed by atoms with Gasteiger partial charge in [0.2, 0.25) is 0 Å². The summed E-state index contributed by atoms with van der Waals surface area (Å²) in [5.74, 6) is -0.559. The minimum Gasteiger partial charge on any atom is -0.481 e. The Hall–Kier alpha value is -1.90. The van der Waals surface area contributed by atoms with Gasteiger partial charge in [0.05, 0.1) is 0 Å². The molecule has 0 unspecified atom stereocenters. The summed E-state index contributed by atoms with van der Waals surface area (Å²) in [6.45, 7) is 2.19. The summed E-state index contributed by atoms with van der Waals surface area (Å²) in [7, 11) is 0. The standard InChI is InChI=1S/C20H28O3/c1-2-3-4-5-6-10-13-18-17(15-16-19(18)21)12-9-7-8-11-14-20(22)23/h6-7,9-10,13,15H,2-5,8,11-12,14,16H2,1H3,(H,22,23). The fraction of sp³-hybridized carbons (Fsp3) is 0.500. The molecule has 0 radical (unpaired) electrons. The van der Waals surface area contributed by atoms with Gasteiger partial charge in [0.1, 0.15) is 0 Å². The Morgan fingerprint density at radius 2 is 1.96 bits per heavy atom. The van der Waals surface area contributed by atoms with Crippen LogP contribution in [-0.4, -0.2) is 16.9 Å². The third kappa shape index (κ3) is 8.34. The number of hydrogen-bond donors (Lipinski definition) is 1. The largest absolute Gasteiger partial charge is 0.481 e. The second-order valence-electron chi connectivity index (χ2n) is 5.82. The van der Waals surface area contributed by atoms with E-state index in [1.54, 1.807) is 0 Å². The van der Waals surface area contributed by atoms with E-state index in [2.05, 4.69) is 13.0 Å². The van der Waals surface area contributed by atoms with Crippen molar-refractivity contribution < 1.29 is 14.7 Å². The highest BCUT2D eigenvalue weighted by atomic mass is 16.4. The molecule has 1 N–H and O–H groups in total. The predicted octanol–water partition coefficient (Wildman–Crippen LogP) is 5.15. The normalized spacial score (nSPS) is 16.8. The number of aliphatic carboxylic acids is 1. The lowest BCUT2D eigenvalue weighted by Crippen LogP contribution is -1.95. The number of carbonyl (C=O) groups is 2. The average molecular weight is 316 g/mol. The lowest BCUT2D eigenvalue weighted by molar-refractivity contribution is -0.137. The van der Waals surface area contributed by atoms with Gasteiger partial charge >= 0.3 is 5.97 Å². The molecule has 1 aliphatic carbocycles. The molecule has 0 aromatic heterocycles. The van der Waals surface area contributed by atoms with Crippen LogP contribution in [0.2, 0.25) is 0 Å². The quantitative estimate of drug-likeness (QED) is 0.326. The number of unbranched alkanes of at least 4 members (excludes halogenated alkanes) is 4. The van der Waals surface area contributed by atoms with Crippen molar-refractivity contribution >= 4 is 11.8 Å². The molecule has 1 rings (SSSR count). The molecule has 0 fully saturated rings. The number of Topliss-reactive ketones (excluding diaryl/α,β-unsaturated/α-hetero) is 1. The predicted molar refractivity (Wildman–Crippen MR) is 94.3 cm³/mol. The summed E-state index contributed by atoms with van der Waals surface area (Å²) in [4.78, 5) is 22.3. The van der Waals surface area contributed by atoms with E-state index in [4.69, 9.17) is 5.11 Å². The zero-order chi connectivity index (χ0) is 16.9. The van der Waals surface area contributed by atoms with E-state index in [1.807, 2.05) is 30.4 Å². The van der Waals surface area contributed by atoms with Crippen molar-refractivity contribution in [2.24, 2.45) is 0 Å². The molecule has 0 aliphatic heterocycles. The van der Waals surface area contributed by atoms with Crippen LogP contribution >= 0.6 is 0 Å². The van der Waals surface area contributed by atoms with E-state index < -0.39 is 5.97 Å². The minimum atomic E-state index is -0.751. The highest BCUT2D eigenvalue weighted by Crippen LogP contribution is 2.25. The van der Waals surface area contributed by atoms with Crippen molar-refractivity contribution in [3.05, 3.63) is 47.6 Å². The maximum absolute atomic E-state index is 11.9. The second kappa shape index (κ2) is 11.6. The summed E-state index contributed by atoms with van der Waals surface area (Å²) < 4.78 is 0. The zero-order valence-corrected chi connectivity index (χ0v) is 14.1. The van der Waals surface area contributed by atoms with Gasteiger partial charge < -0.3 is 5.11 Å². The molecule has 0 amide bonds. The van der Waals surface area contributed by atoms with Crippen molar-refractivity contribution in [2.45, 2.75) is 64.7 Å². The van der Waals surface area contributed by atoms with Crippen LogP contribution in [0.5, 0.6) is 0 Å². The van der Waals surface area contributed by atoms with Gasteiger partial charge in [0.25, 0.3) is 0 Å². The molecule has 0 spiro atoms. The number of carboxylic acid groups (broad SMARTS) is 1. The lowest BCUT2D eigenvalue weighted by atomic mass is 10.0. The van der Waals surface area contributed by atoms with Crippen LogP contribution in [0.25, 0.3) is 0 Å². The first kappa shape index (κ1) is 19.1. The fourth-order valence-corrected chi connectivity index (χ4v) is 2.48. The van der Waals surface area contributed by atoms with Crippen LogP contribution < -0.4 is 0 Å². The number of carboxylic acids is 1. The number of hydrogen-bond acceptors (Lipinski definition) is 2. The van der Waals surface area contributed by atoms with Gasteiger partial charge in [-0.15, -0.1) is 0 Å². The molecule has 23 heavy (non-hydrogen) atoms. The highest BCUT2D eigenvalue weighted by molar-refractivity contribution is 6.03. The van der Waals surface area contributed by atoms with Crippen LogP contribution in [0.1, 0.15) is 64.7 Å². The summed E-state index contributed by atoms with van der Waals surface area (Å²) in [6.07, 6.45) is 19.7. The van der Waals surface area contributed by atoms with E-state index >= 15 is 0 Å². The molecule has 0 saturated heterocycles. The van der Waals surface area contributed by atoms with Gasteiger partial charge in [-0.3, -0.25) is 9.59 Å². The molecule has 0 aromatic carbocycles. The first-order valence-electron chi connectivity index (χ1n) is 8.61. The van der Waals surface area contributed by atoms with Crippen LogP contribution in [-0.2, 0) is 9.59 Å². The van der Waals surface area contributed by atoms with E-state index in [0.29, 0.717) is 12.8 Å². The smallest absolute Gasteiger partial charge is 0.303 e. The first-order chi connectivity index (χ1) is 11.1. The lowest BCUT2D eigenvalue weighted by Gasteiger charge is -2.00. The molecule has 0 saturated carbocycles. The van der Waals surface area contributed by atoms with Crippen molar-refractivity contribution in [3.63, 3.8) is 0 Å². The molecule has 3 heteroatoms. The van der Waals surface area contributed by atoms with Gasteiger partial charge in [-0.05, 0) is 37.7 Å². The second-order valence-corrected chi connectivity index (χ2v) is 5.82. The van der Waals surface area contributed by atoms with Crippen molar-refractivity contribution in [1.29, 1.82) is 0 Å². The maximum Gasteiger partial charge on any atom is 0.303 e. The Morgan fingerprint density at radius 1 is 1.17 bits per heavy atom. The van der Waals surface area contributed by atoms with Crippen LogP contribution in [0.15, 0.2) is 47.6 Å². The topological polar surface area (TPSA) is 54.4 Å². The zero-order valence-electron chi connectivity index (χ0n) is 14.1. The summed E-state index contributed by atoms with van der Waals surface area (Å²) in [5.41, 5.74) is 1.91. The molecule has 0 heterocycles. The Kier molecular flexibility index (Phi) is 9.69. The molecular weight excluding hydrogens is 288 g/mol. The number of rotatable bonds is 11. The Morgan fingerprint density at radius 3 is 2.70 bits per heavy atom. The summed E-state index contributed by atoms with van der Waals surface area (Å²) >= 11 is 0. The number of allylic oxidation sites excluding steroid dienone is 8. The van der Waals surface area contributed by atoms with Crippen molar-refractivity contribution in [3.8, 4) is 0 Å². The molecule has 0 atom stereocenters. The first-order valence-corrected chi connectivity index (χ1v) is 8.61. The molecule has 3 nitrogen and oxygen atoms in total. The molecule has 1 aliphatic rings. The number of carbonyl (C=O) groups excluding carboxylic acids is 1. The van der Waals surface area contributed by atoms with E-state index in [0.717, 1.165) is 30.4 Å². The monoisotopic (exact) mass is 316 g/mol. The third-order valence-corrected chi connectivity index (χ3v) is 3.82. The molecular formula is C20H28O3.